The molecule has 0 saturated heterocycles. The molecule has 4 aromatic rings. The van der Waals surface area contributed by atoms with Gasteiger partial charge in [-0.1, -0.05) is 89.9 Å². The van der Waals surface area contributed by atoms with Crippen LogP contribution < -0.4 is 14.4 Å². The van der Waals surface area contributed by atoms with Gasteiger partial charge in [-0.3, -0.25) is 13.9 Å². The normalized spacial score (nSPS) is 12.0. The van der Waals surface area contributed by atoms with Crippen molar-refractivity contribution in [1.29, 1.82) is 0 Å². The van der Waals surface area contributed by atoms with Gasteiger partial charge in [-0.05, 0) is 71.6 Å². The van der Waals surface area contributed by atoms with Crippen LogP contribution in [0, 0.1) is 5.92 Å². The Morgan fingerprint density at radius 2 is 1.57 bits per heavy atom. The van der Waals surface area contributed by atoms with Crippen LogP contribution in [0.25, 0.3) is 0 Å². The maximum Gasteiger partial charge on any atom is 0.264 e. The van der Waals surface area contributed by atoms with E-state index in [0.29, 0.717) is 17.3 Å². The summed E-state index contributed by atoms with van der Waals surface area (Å²) in [6.45, 7) is 3.89. The highest BCUT2D eigenvalue weighted by Crippen LogP contribution is 2.28. The minimum Gasteiger partial charge on any atom is -0.497 e. The van der Waals surface area contributed by atoms with E-state index in [2.05, 4.69) is 21.2 Å². The highest BCUT2D eigenvalue weighted by Gasteiger charge is 2.34. The fourth-order valence-electron chi connectivity index (χ4n) is 4.84. The van der Waals surface area contributed by atoms with Crippen LogP contribution in [0.4, 0.5) is 5.69 Å². The van der Waals surface area contributed by atoms with Crippen molar-refractivity contribution < 1.29 is 22.7 Å². The lowest BCUT2D eigenvalue weighted by atomic mass is 10.0. The second kappa shape index (κ2) is 16.1. The summed E-state index contributed by atoms with van der Waals surface area (Å²) in [6, 6.07) is 28.2. The summed E-state index contributed by atoms with van der Waals surface area (Å²) in [7, 11) is -2.78. The average Bonchev–Trinajstić information content (AvgIpc) is 3.04. The highest BCUT2D eigenvalue weighted by atomic mass is 79.9. The lowest BCUT2D eigenvalue weighted by Gasteiger charge is -2.34. The minimum atomic E-state index is -4.27. The Kier molecular flexibility index (Phi) is 12.3. The number of methoxy groups -OCH3 is 1. The van der Waals surface area contributed by atoms with Crippen molar-refractivity contribution in [3.05, 3.63) is 124 Å². The largest absolute Gasteiger partial charge is 0.497 e. The number of benzene rings is 4. The number of carbonyl (C=O) groups is 2. The predicted molar refractivity (Wildman–Crippen MR) is 185 cm³/mol. The summed E-state index contributed by atoms with van der Waals surface area (Å²) in [6.07, 6.45) is 0.229. The molecule has 0 aromatic heterocycles. The Hall–Kier alpha value is -3.86. The molecule has 4 rings (SSSR count). The van der Waals surface area contributed by atoms with Crippen molar-refractivity contribution in [3.63, 3.8) is 0 Å². The average molecular weight is 727 g/mol. The first-order valence-corrected chi connectivity index (χ1v) is 17.4. The summed E-state index contributed by atoms with van der Waals surface area (Å²) in [5.41, 5.74) is 1.84. The molecule has 0 aliphatic carbocycles. The lowest BCUT2D eigenvalue weighted by molar-refractivity contribution is -0.140. The molecule has 2 amide bonds. The van der Waals surface area contributed by atoms with E-state index in [0.717, 1.165) is 19.9 Å². The highest BCUT2D eigenvalue weighted by molar-refractivity contribution is 9.10. The molecule has 0 fully saturated rings. The number of rotatable bonds is 14. The molecule has 0 radical (unpaired) electrons. The van der Waals surface area contributed by atoms with Gasteiger partial charge in [-0.25, -0.2) is 8.42 Å². The molecule has 46 heavy (non-hydrogen) atoms. The number of hydrogen-bond donors (Lipinski definition) is 1. The van der Waals surface area contributed by atoms with E-state index in [1.807, 2.05) is 68.4 Å². The fraction of sp³-hybridized carbons (Fsp3) is 0.257. The van der Waals surface area contributed by atoms with Gasteiger partial charge in [0.2, 0.25) is 11.8 Å². The monoisotopic (exact) mass is 725 g/mol. The molecule has 11 heteroatoms. The Labute approximate surface area is 284 Å². The van der Waals surface area contributed by atoms with E-state index in [9.17, 15) is 18.0 Å². The molecular formula is C35H37BrClN3O5S. The number of halogens is 2. The van der Waals surface area contributed by atoms with Crippen LogP contribution in [0.5, 0.6) is 5.75 Å². The number of ether oxygens (including phenoxy) is 1. The van der Waals surface area contributed by atoms with Gasteiger partial charge in [-0.15, -0.1) is 0 Å². The van der Waals surface area contributed by atoms with E-state index in [4.69, 9.17) is 16.3 Å². The first kappa shape index (κ1) is 35.0. The molecule has 242 valence electrons. The summed E-state index contributed by atoms with van der Waals surface area (Å²) in [5, 5.41) is 3.30. The quantitative estimate of drug-likeness (QED) is 0.156. The number of amides is 2. The van der Waals surface area contributed by atoms with Crippen molar-refractivity contribution in [2.75, 3.05) is 24.5 Å². The Morgan fingerprint density at radius 3 is 2.20 bits per heavy atom. The fourth-order valence-corrected chi connectivity index (χ4v) is 6.88. The van der Waals surface area contributed by atoms with Crippen molar-refractivity contribution in [2.24, 2.45) is 5.92 Å². The molecule has 1 atom stereocenters. The van der Waals surface area contributed by atoms with E-state index in [1.165, 1.54) is 30.2 Å². The maximum atomic E-state index is 14.5. The number of nitrogens with zero attached hydrogens (tertiary/aromatic N) is 2. The third-order valence-electron chi connectivity index (χ3n) is 7.22. The molecule has 8 nitrogen and oxygen atoms in total. The number of anilines is 1. The van der Waals surface area contributed by atoms with Crippen molar-refractivity contribution in [2.45, 2.75) is 37.8 Å². The molecule has 0 aliphatic rings. The zero-order valence-corrected chi connectivity index (χ0v) is 29.1. The van der Waals surface area contributed by atoms with Crippen LogP contribution in [-0.2, 0) is 32.6 Å². The zero-order valence-electron chi connectivity index (χ0n) is 25.9. The SMILES string of the molecule is COc1ccc(S(=O)(=O)N(CC(=O)N(Cc2cccc(Br)c2)C(Cc2ccccc2)C(=O)NCC(C)C)c2cccc(Cl)c2)cc1. The predicted octanol–water partition coefficient (Wildman–Crippen LogP) is 6.72. The molecule has 1 N–H and O–H groups in total. The zero-order chi connectivity index (χ0) is 33.3. The molecule has 0 spiro atoms. The van der Waals surface area contributed by atoms with Gasteiger partial charge in [-0.2, -0.15) is 0 Å². The molecule has 0 bridgehead atoms. The van der Waals surface area contributed by atoms with E-state index in [-0.39, 0.29) is 35.4 Å². The van der Waals surface area contributed by atoms with Gasteiger partial charge in [0.1, 0.15) is 18.3 Å². The first-order valence-electron chi connectivity index (χ1n) is 14.8. The summed E-state index contributed by atoms with van der Waals surface area (Å²) >= 11 is 9.80. The Morgan fingerprint density at radius 1 is 0.891 bits per heavy atom. The molecule has 0 heterocycles. The van der Waals surface area contributed by atoms with Crippen LogP contribution >= 0.6 is 27.5 Å². The van der Waals surface area contributed by atoms with Crippen LogP contribution in [0.1, 0.15) is 25.0 Å². The number of carbonyl (C=O) groups excluding carboxylic acids is 2. The van der Waals surface area contributed by atoms with Gasteiger partial charge in [0, 0.05) is 29.0 Å². The summed E-state index contributed by atoms with van der Waals surface area (Å²) in [4.78, 5) is 29.8. The molecule has 1 unspecified atom stereocenters. The number of hydrogen-bond acceptors (Lipinski definition) is 5. The van der Waals surface area contributed by atoms with Crippen molar-refractivity contribution >= 4 is 55.1 Å². The molecule has 4 aromatic carbocycles. The molecular weight excluding hydrogens is 690 g/mol. The van der Waals surface area contributed by atoms with E-state index < -0.39 is 28.5 Å². The third kappa shape index (κ3) is 9.34. The lowest BCUT2D eigenvalue weighted by Crippen LogP contribution is -2.53. The number of sulfonamides is 1. The van der Waals surface area contributed by atoms with Crippen LogP contribution in [0.3, 0.4) is 0 Å². The summed E-state index contributed by atoms with van der Waals surface area (Å²) in [5.74, 6) is -0.213. The van der Waals surface area contributed by atoms with Gasteiger partial charge in [0.05, 0.1) is 17.7 Å². The minimum absolute atomic E-state index is 0.0323. The van der Waals surface area contributed by atoms with Crippen LogP contribution in [0.2, 0.25) is 5.02 Å². The Bertz CT molecular complexity index is 1740. The smallest absolute Gasteiger partial charge is 0.264 e. The third-order valence-corrected chi connectivity index (χ3v) is 9.74. The van der Waals surface area contributed by atoms with Crippen LogP contribution in [0.15, 0.2) is 112 Å². The Balaban J connectivity index is 1.80. The van der Waals surface area contributed by atoms with Gasteiger partial charge < -0.3 is 15.0 Å². The van der Waals surface area contributed by atoms with Crippen molar-refractivity contribution in [1.82, 2.24) is 10.2 Å². The van der Waals surface area contributed by atoms with Gasteiger partial charge in [0.25, 0.3) is 10.0 Å². The second-order valence-electron chi connectivity index (χ2n) is 11.2. The topological polar surface area (TPSA) is 96.0 Å². The van der Waals surface area contributed by atoms with Crippen molar-refractivity contribution in [3.8, 4) is 5.75 Å². The first-order chi connectivity index (χ1) is 22.0. The van der Waals surface area contributed by atoms with E-state index in [1.54, 1.807) is 30.3 Å². The van der Waals surface area contributed by atoms with Gasteiger partial charge >= 0.3 is 0 Å². The molecule has 0 saturated carbocycles. The second-order valence-corrected chi connectivity index (χ2v) is 14.4. The van der Waals surface area contributed by atoms with E-state index >= 15 is 0 Å². The van der Waals surface area contributed by atoms with Gasteiger partial charge in [0.15, 0.2) is 0 Å². The summed E-state index contributed by atoms with van der Waals surface area (Å²) < 4.78 is 35.4. The number of nitrogens with one attached hydrogen (secondary N) is 1. The standard InChI is InChI=1S/C35H37BrClN3O5S/c1-25(2)22-38-35(42)33(20-26-9-5-4-6-10-26)39(23-27-11-7-12-28(36)19-27)34(41)24-40(30-14-8-13-29(37)21-30)46(43,44)32-17-15-31(45-3)16-18-32/h4-19,21,25,33H,20,22-24H2,1-3H3,(H,38,42). The van der Waals surface area contributed by atoms with Crippen LogP contribution in [-0.4, -0.2) is 51.4 Å². The maximum absolute atomic E-state index is 14.5. The molecule has 0 aliphatic heterocycles.